The SMILES string of the molecule is CCN(C(=O)C(=O)NCCCN1CCOCC1)c1ccccc1. The molecule has 2 rings (SSSR count). The second kappa shape index (κ2) is 9.27. The van der Waals surface area contributed by atoms with Gasteiger partial charge in [-0.1, -0.05) is 18.2 Å². The number of nitrogens with one attached hydrogen (secondary N) is 1. The second-order valence-electron chi connectivity index (χ2n) is 5.45. The molecule has 0 aliphatic carbocycles. The van der Waals surface area contributed by atoms with Crippen LogP contribution >= 0.6 is 0 Å². The number of ether oxygens (including phenoxy) is 1. The van der Waals surface area contributed by atoms with Gasteiger partial charge in [-0.15, -0.1) is 0 Å². The zero-order chi connectivity index (χ0) is 16.5. The van der Waals surface area contributed by atoms with Crippen molar-refractivity contribution in [3.63, 3.8) is 0 Å². The van der Waals surface area contributed by atoms with Crippen molar-refractivity contribution in [1.29, 1.82) is 0 Å². The molecular weight excluding hydrogens is 294 g/mol. The minimum absolute atomic E-state index is 0.462. The Hall–Kier alpha value is -1.92. The van der Waals surface area contributed by atoms with Crippen molar-refractivity contribution >= 4 is 17.5 Å². The van der Waals surface area contributed by atoms with Crippen LogP contribution in [-0.4, -0.2) is 62.7 Å². The minimum atomic E-state index is -0.544. The fourth-order valence-electron chi connectivity index (χ4n) is 2.58. The van der Waals surface area contributed by atoms with Gasteiger partial charge in [0, 0.05) is 31.9 Å². The molecule has 1 fully saturated rings. The standard InChI is InChI=1S/C17H25N3O3/c1-2-20(15-7-4-3-5-8-15)17(22)16(21)18-9-6-10-19-11-13-23-14-12-19/h3-5,7-8H,2,6,9-14H2,1H3,(H,18,21). The first-order valence-corrected chi connectivity index (χ1v) is 8.17. The van der Waals surface area contributed by atoms with E-state index in [0.717, 1.165) is 45.0 Å². The maximum Gasteiger partial charge on any atom is 0.316 e. The molecule has 0 aromatic heterocycles. The highest BCUT2D eigenvalue weighted by Crippen LogP contribution is 2.12. The van der Waals surface area contributed by atoms with Crippen LogP contribution in [0.15, 0.2) is 30.3 Å². The van der Waals surface area contributed by atoms with Gasteiger partial charge in [-0.05, 0) is 32.0 Å². The van der Waals surface area contributed by atoms with Gasteiger partial charge in [-0.25, -0.2) is 0 Å². The van der Waals surface area contributed by atoms with Crippen LogP contribution < -0.4 is 10.2 Å². The Labute approximate surface area is 137 Å². The van der Waals surface area contributed by atoms with Crippen LogP contribution in [0.3, 0.4) is 0 Å². The van der Waals surface area contributed by atoms with E-state index in [0.29, 0.717) is 13.1 Å². The molecule has 23 heavy (non-hydrogen) atoms. The Kier molecular flexibility index (Phi) is 7.03. The van der Waals surface area contributed by atoms with Gasteiger partial charge in [0.25, 0.3) is 0 Å². The number of likely N-dealkylation sites (N-methyl/N-ethyl adjacent to an activating group) is 1. The molecule has 1 saturated heterocycles. The first-order valence-electron chi connectivity index (χ1n) is 8.17. The summed E-state index contributed by atoms with van der Waals surface area (Å²) in [7, 11) is 0. The summed E-state index contributed by atoms with van der Waals surface area (Å²) in [5.74, 6) is -1.05. The summed E-state index contributed by atoms with van der Waals surface area (Å²) in [5.41, 5.74) is 0.739. The molecule has 1 aromatic rings. The van der Waals surface area contributed by atoms with Crippen molar-refractivity contribution in [2.75, 3.05) is 50.8 Å². The van der Waals surface area contributed by atoms with Gasteiger partial charge in [0.1, 0.15) is 0 Å². The Morgan fingerprint density at radius 3 is 2.57 bits per heavy atom. The van der Waals surface area contributed by atoms with Crippen LogP contribution in [0.2, 0.25) is 0 Å². The summed E-state index contributed by atoms with van der Waals surface area (Å²) in [6.45, 7) is 7.15. The molecule has 6 heteroatoms. The van der Waals surface area contributed by atoms with Crippen LogP contribution in [0, 0.1) is 0 Å². The molecule has 1 aromatic carbocycles. The van der Waals surface area contributed by atoms with Crippen LogP contribution in [0.5, 0.6) is 0 Å². The second-order valence-corrected chi connectivity index (χ2v) is 5.45. The Morgan fingerprint density at radius 1 is 1.22 bits per heavy atom. The maximum absolute atomic E-state index is 12.3. The number of hydrogen-bond acceptors (Lipinski definition) is 4. The number of para-hydroxylation sites is 1. The number of carbonyl (C=O) groups excluding carboxylic acids is 2. The van der Waals surface area contributed by atoms with E-state index < -0.39 is 11.8 Å². The highest BCUT2D eigenvalue weighted by Gasteiger charge is 2.21. The molecule has 1 N–H and O–H groups in total. The van der Waals surface area contributed by atoms with E-state index in [1.807, 2.05) is 37.3 Å². The number of morpholine rings is 1. The molecule has 1 aliphatic heterocycles. The van der Waals surface area contributed by atoms with Crippen molar-refractivity contribution in [2.45, 2.75) is 13.3 Å². The van der Waals surface area contributed by atoms with Gasteiger partial charge < -0.3 is 15.0 Å². The predicted octanol–water partition coefficient (Wildman–Crippen LogP) is 0.878. The monoisotopic (exact) mass is 319 g/mol. The molecule has 0 atom stereocenters. The number of amides is 2. The van der Waals surface area contributed by atoms with Gasteiger partial charge in [-0.3, -0.25) is 14.5 Å². The molecule has 126 valence electrons. The van der Waals surface area contributed by atoms with Gasteiger partial charge in [0.15, 0.2) is 0 Å². The summed E-state index contributed by atoms with van der Waals surface area (Å²) in [6.07, 6.45) is 0.830. The number of rotatable bonds is 6. The van der Waals surface area contributed by atoms with Crippen molar-refractivity contribution in [3.8, 4) is 0 Å². The fourth-order valence-corrected chi connectivity index (χ4v) is 2.58. The Bertz CT molecular complexity index is 501. The lowest BCUT2D eigenvalue weighted by Gasteiger charge is -2.26. The van der Waals surface area contributed by atoms with E-state index in [9.17, 15) is 9.59 Å². The molecule has 0 spiro atoms. The summed E-state index contributed by atoms with van der Waals surface area (Å²) in [4.78, 5) is 28.1. The Morgan fingerprint density at radius 2 is 1.91 bits per heavy atom. The lowest BCUT2D eigenvalue weighted by molar-refractivity contribution is -0.137. The summed E-state index contributed by atoms with van der Waals surface area (Å²) in [5, 5.41) is 2.72. The highest BCUT2D eigenvalue weighted by atomic mass is 16.5. The van der Waals surface area contributed by atoms with E-state index >= 15 is 0 Å². The van der Waals surface area contributed by atoms with E-state index in [1.165, 1.54) is 4.90 Å². The summed E-state index contributed by atoms with van der Waals surface area (Å²) >= 11 is 0. The van der Waals surface area contributed by atoms with Crippen molar-refractivity contribution < 1.29 is 14.3 Å². The molecule has 0 bridgehead atoms. The summed E-state index contributed by atoms with van der Waals surface area (Å²) in [6, 6.07) is 9.24. The zero-order valence-electron chi connectivity index (χ0n) is 13.7. The van der Waals surface area contributed by atoms with Crippen molar-refractivity contribution in [3.05, 3.63) is 30.3 Å². The lowest BCUT2D eigenvalue weighted by atomic mass is 10.2. The van der Waals surface area contributed by atoms with Crippen LogP contribution in [0.1, 0.15) is 13.3 Å². The van der Waals surface area contributed by atoms with Gasteiger partial charge in [0.05, 0.1) is 13.2 Å². The van der Waals surface area contributed by atoms with Gasteiger partial charge >= 0.3 is 11.8 Å². The molecule has 1 heterocycles. The van der Waals surface area contributed by atoms with Gasteiger partial charge in [0.2, 0.25) is 0 Å². The molecular formula is C17H25N3O3. The fraction of sp³-hybridized carbons (Fsp3) is 0.529. The number of benzene rings is 1. The van der Waals surface area contributed by atoms with E-state index in [2.05, 4.69) is 10.2 Å². The largest absolute Gasteiger partial charge is 0.379 e. The van der Waals surface area contributed by atoms with E-state index in [4.69, 9.17) is 4.74 Å². The third kappa shape index (κ3) is 5.33. The third-order valence-electron chi connectivity index (χ3n) is 3.86. The van der Waals surface area contributed by atoms with E-state index in [1.54, 1.807) is 0 Å². The van der Waals surface area contributed by atoms with Crippen LogP contribution in [-0.2, 0) is 14.3 Å². The van der Waals surface area contributed by atoms with Crippen LogP contribution in [0.25, 0.3) is 0 Å². The van der Waals surface area contributed by atoms with Crippen molar-refractivity contribution in [1.82, 2.24) is 10.2 Å². The predicted molar refractivity (Wildman–Crippen MR) is 89.4 cm³/mol. The van der Waals surface area contributed by atoms with E-state index in [-0.39, 0.29) is 0 Å². The first kappa shape index (κ1) is 17.4. The quantitative estimate of drug-likeness (QED) is 0.624. The number of hydrogen-bond donors (Lipinski definition) is 1. The number of anilines is 1. The number of carbonyl (C=O) groups is 2. The first-order chi connectivity index (χ1) is 11.2. The molecule has 0 radical (unpaired) electrons. The normalized spacial score (nSPS) is 15.2. The van der Waals surface area contributed by atoms with Gasteiger partial charge in [-0.2, -0.15) is 0 Å². The molecule has 0 saturated carbocycles. The molecule has 1 aliphatic rings. The summed E-state index contributed by atoms with van der Waals surface area (Å²) < 4.78 is 5.29. The maximum atomic E-state index is 12.3. The smallest absolute Gasteiger partial charge is 0.316 e. The molecule has 0 unspecified atom stereocenters. The molecule has 6 nitrogen and oxygen atoms in total. The molecule has 2 amide bonds. The zero-order valence-corrected chi connectivity index (χ0v) is 13.7. The highest BCUT2D eigenvalue weighted by molar-refractivity contribution is 6.40. The third-order valence-corrected chi connectivity index (χ3v) is 3.86. The van der Waals surface area contributed by atoms with Crippen molar-refractivity contribution in [2.24, 2.45) is 0 Å². The van der Waals surface area contributed by atoms with Crippen LogP contribution in [0.4, 0.5) is 5.69 Å². The Balaban J connectivity index is 1.74. The number of nitrogens with zero attached hydrogens (tertiary/aromatic N) is 2. The lowest BCUT2D eigenvalue weighted by Crippen LogP contribution is -2.44. The average molecular weight is 319 g/mol. The topological polar surface area (TPSA) is 61.9 Å². The minimum Gasteiger partial charge on any atom is -0.379 e. The average Bonchev–Trinajstić information content (AvgIpc) is 2.61.